The van der Waals surface area contributed by atoms with Gasteiger partial charge in [-0.2, -0.15) is 0 Å². The fraction of sp³-hybridized carbons (Fsp3) is 0.571. The first-order valence-electron chi connectivity index (χ1n) is 5.98. The summed E-state index contributed by atoms with van der Waals surface area (Å²) in [5, 5.41) is 0. The maximum absolute atomic E-state index is 13.4. The third-order valence-electron chi connectivity index (χ3n) is 2.91. The van der Waals surface area contributed by atoms with Crippen LogP contribution >= 0.6 is 39.1 Å². The Hall–Kier alpha value is 0.210. The van der Waals surface area contributed by atoms with Crippen LogP contribution in [-0.2, 0) is 6.42 Å². The molecule has 0 aliphatic carbocycles. The van der Waals surface area contributed by atoms with Crippen molar-refractivity contribution in [1.29, 1.82) is 0 Å². The lowest BCUT2D eigenvalue weighted by Crippen LogP contribution is -2.30. The first-order chi connectivity index (χ1) is 8.40. The topological polar surface area (TPSA) is 0 Å². The van der Waals surface area contributed by atoms with Crippen molar-refractivity contribution < 1.29 is 4.39 Å². The first kappa shape index (κ1) is 16.3. The highest BCUT2D eigenvalue weighted by Gasteiger charge is 2.30. The highest BCUT2D eigenvalue weighted by Crippen LogP contribution is 2.34. The lowest BCUT2D eigenvalue weighted by molar-refractivity contribution is 0.295. The van der Waals surface area contributed by atoms with E-state index < -0.39 is 0 Å². The summed E-state index contributed by atoms with van der Waals surface area (Å²) >= 11 is 15.5. The summed E-state index contributed by atoms with van der Waals surface area (Å²) in [6.45, 7) is 4.30. The van der Waals surface area contributed by atoms with E-state index in [-0.39, 0.29) is 11.2 Å². The van der Waals surface area contributed by atoms with E-state index in [4.69, 9.17) is 23.2 Å². The van der Waals surface area contributed by atoms with Gasteiger partial charge in [-0.05, 0) is 42.5 Å². The van der Waals surface area contributed by atoms with Gasteiger partial charge in [-0.15, -0.1) is 23.2 Å². The van der Waals surface area contributed by atoms with E-state index >= 15 is 0 Å². The number of benzene rings is 1. The van der Waals surface area contributed by atoms with E-state index in [0.717, 1.165) is 16.5 Å². The molecule has 0 spiro atoms. The SMILES string of the molecule is CC(C)CC(CCl)(CCl)Cc1cc(F)cc(Br)c1. The fourth-order valence-electron chi connectivity index (χ4n) is 2.32. The lowest BCUT2D eigenvalue weighted by Gasteiger charge is -2.31. The molecule has 0 fully saturated rings. The summed E-state index contributed by atoms with van der Waals surface area (Å²) in [5.74, 6) is 1.26. The normalized spacial score (nSPS) is 12.2. The zero-order valence-electron chi connectivity index (χ0n) is 10.6. The van der Waals surface area contributed by atoms with Gasteiger partial charge in [-0.1, -0.05) is 29.8 Å². The van der Waals surface area contributed by atoms with Gasteiger partial charge in [0.1, 0.15) is 5.82 Å². The van der Waals surface area contributed by atoms with Gasteiger partial charge in [-0.25, -0.2) is 4.39 Å². The molecule has 0 aliphatic heterocycles. The minimum Gasteiger partial charge on any atom is -0.207 e. The molecule has 1 aromatic rings. The van der Waals surface area contributed by atoms with Crippen molar-refractivity contribution in [2.75, 3.05) is 11.8 Å². The minimum atomic E-state index is -0.234. The molecule has 102 valence electrons. The van der Waals surface area contributed by atoms with Crippen molar-refractivity contribution in [3.05, 3.63) is 34.1 Å². The third-order valence-corrected chi connectivity index (χ3v) is 4.50. The van der Waals surface area contributed by atoms with Gasteiger partial charge in [0, 0.05) is 21.6 Å². The van der Waals surface area contributed by atoms with E-state index in [0.29, 0.717) is 24.1 Å². The second-order valence-electron chi connectivity index (χ2n) is 5.32. The summed E-state index contributed by atoms with van der Waals surface area (Å²) in [5.41, 5.74) is 0.772. The molecule has 0 unspecified atom stereocenters. The van der Waals surface area contributed by atoms with Gasteiger partial charge in [-0.3, -0.25) is 0 Å². The van der Waals surface area contributed by atoms with Gasteiger partial charge in [0.05, 0.1) is 0 Å². The Kier molecular flexibility index (Phi) is 6.43. The molecule has 0 radical (unpaired) electrons. The Morgan fingerprint density at radius 2 is 1.83 bits per heavy atom. The lowest BCUT2D eigenvalue weighted by atomic mass is 9.78. The summed E-state index contributed by atoms with van der Waals surface area (Å²) in [6, 6.07) is 4.94. The summed E-state index contributed by atoms with van der Waals surface area (Å²) in [4.78, 5) is 0. The van der Waals surface area contributed by atoms with Crippen LogP contribution in [0.15, 0.2) is 22.7 Å². The van der Waals surface area contributed by atoms with Crippen molar-refractivity contribution in [3.8, 4) is 0 Å². The van der Waals surface area contributed by atoms with Crippen molar-refractivity contribution in [1.82, 2.24) is 0 Å². The summed E-state index contributed by atoms with van der Waals surface area (Å²) in [6.07, 6.45) is 1.64. The average Bonchev–Trinajstić information content (AvgIpc) is 2.26. The Morgan fingerprint density at radius 1 is 1.22 bits per heavy atom. The largest absolute Gasteiger partial charge is 0.207 e. The predicted molar refractivity (Wildman–Crippen MR) is 81.1 cm³/mol. The third kappa shape index (κ3) is 4.71. The molecule has 1 aromatic carbocycles. The van der Waals surface area contributed by atoms with Crippen LogP contribution in [0.25, 0.3) is 0 Å². The van der Waals surface area contributed by atoms with Crippen LogP contribution in [0.2, 0.25) is 0 Å². The second-order valence-corrected chi connectivity index (χ2v) is 6.77. The Balaban J connectivity index is 2.95. The molecule has 0 N–H and O–H groups in total. The number of halogens is 4. The number of hydrogen-bond donors (Lipinski definition) is 0. The van der Waals surface area contributed by atoms with E-state index in [1.54, 1.807) is 6.07 Å². The monoisotopic (exact) mass is 354 g/mol. The molecule has 0 atom stereocenters. The zero-order valence-corrected chi connectivity index (χ0v) is 13.7. The molecule has 0 saturated heterocycles. The van der Waals surface area contributed by atoms with Crippen LogP contribution in [0.4, 0.5) is 4.39 Å². The van der Waals surface area contributed by atoms with Crippen molar-refractivity contribution in [3.63, 3.8) is 0 Å². The maximum atomic E-state index is 13.4. The minimum absolute atomic E-state index is 0.162. The van der Waals surface area contributed by atoms with E-state index in [9.17, 15) is 4.39 Å². The summed E-state index contributed by atoms with van der Waals surface area (Å²) in [7, 11) is 0. The van der Waals surface area contributed by atoms with Gasteiger partial charge < -0.3 is 0 Å². The smallest absolute Gasteiger partial charge is 0.124 e. The van der Waals surface area contributed by atoms with Crippen LogP contribution < -0.4 is 0 Å². The van der Waals surface area contributed by atoms with Crippen LogP contribution in [-0.4, -0.2) is 11.8 Å². The van der Waals surface area contributed by atoms with Gasteiger partial charge in [0.2, 0.25) is 0 Å². The molecule has 1 rings (SSSR count). The molecule has 0 saturated carbocycles. The van der Waals surface area contributed by atoms with Crippen molar-refractivity contribution in [2.24, 2.45) is 11.3 Å². The quantitative estimate of drug-likeness (QED) is 0.579. The van der Waals surface area contributed by atoms with Crippen LogP contribution in [0.5, 0.6) is 0 Å². The number of alkyl halides is 2. The molecule has 0 aliphatic rings. The van der Waals surface area contributed by atoms with E-state index in [2.05, 4.69) is 29.8 Å². The Bertz CT molecular complexity index is 369. The fourth-order valence-corrected chi connectivity index (χ4v) is 3.53. The first-order valence-corrected chi connectivity index (χ1v) is 7.84. The molecular weight excluding hydrogens is 338 g/mol. The molecule has 0 aromatic heterocycles. The average molecular weight is 356 g/mol. The number of rotatable bonds is 6. The predicted octanol–water partition coefficient (Wildman–Crippen LogP) is 5.64. The molecule has 4 heteroatoms. The van der Waals surface area contributed by atoms with Gasteiger partial charge in [0.15, 0.2) is 0 Å². The van der Waals surface area contributed by atoms with Crippen LogP contribution in [0.3, 0.4) is 0 Å². The molecule has 0 heterocycles. The molecule has 18 heavy (non-hydrogen) atoms. The zero-order chi connectivity index (χ0) is 13.8. The van der Waals surface area contributed by atoms with Crippen molar-refractivity contribution in [2.45, 2.75) is 26.7 Å². The van der Waals surface area contributed by atoms with Gasteiger partial charge >= 0.3 is 0 Å². The van der Waals surface area contributed by atoms with E-state index in [1.807, 2.05) is 6.07 Å². The molecule has 0 bridgehead atoms. The van der Waals surface area contributed by atoms with Crippen LogP contribution in [0.1, 0.15) is 25.8 Å². The highest BCUT2D eigenvalue weighted by atomic mass is 79.9. The van der Waals surface area contributed by atoms with Crippen LogP contribution in [0, 0.1) is 17.2 Å². The molecule has 0 nitrogen and oxygen atoms in total. The summed E-state index contributed by atoms with van der Waals surface area (Å²) < 4.78 is 14.1. The second kappa shape index (κ2) is 7.12. The molecular formula is C14H18BrCl2F. The van der Waals surface area contributed by atoms with E-state index in [1.165, 1.54) is 6.07 Å². The Labute approximate surface area is 127 Å². The number of hydrogen-bond acceptors (Lipinski definition) is 0. The van der Waals surface area contributed by atoms with Crippen molar-refractivity contribution >= 4 is 39.1 Å². The maximum Gasteiger partial charge on any atom is 0.124 e. The van der Waals surface area contributed by atoms with Gasteiger partial charge in [0.25, 0.3) is 0 Å². The highest BCUT2D eigenvalue weighted by molar-refractivity contribution is 9.10. The Morgan fingerprint density at radius 3 is 2.28 bits per heavy atom. The molecule has 0 amide bonds. The standard InChI is InChI=1S/C14H18BrCl2F/c1-10(2)6-14(8-16,9-17)7-11-3-12(15)5-13(18)4-11/h3-5,10H,6-9H2,1-2H3.